The SMILES string of the molecule is CCc1cnccc1C(CCC(C)(C)C)NN. The Morgan fingerprint density at radius 1 is 1.41 bits per heavy atom. The van der Waals surface area contributed by atoms with Crippen molar-refractivity contribution in [2.75, 3.05) is 0 Å². The van der Waals surface area contributed by atoms with Gasteiger partial charge in [-0.3, -0.25) is 16.3 Å². The molecule has 0 aliphatic heterocycles. The summed E-state index contributed by atoms with van der Waals surface area (Å²) in [4.78, 5) is 4.17. The Kier molecular flexibility index (Phi) is 5.09. The number of pyridine rings is 1. The standard InChI is InChI=1S/C14H25N3/c1-5-11-10-16-9-7-12(11)13(17-15)6-8-14(2,3)4/h7,9-10,13,17H,5-6,8,15H2,1-4H3. The van der Waals surface area contributed by atoms with Gasteiger partial charge in [-0.05, 0) is 41.9 Å². The quantitative estimate of drug-likeness (QED) is 0.609. The molecule has 1 rings (SSSR count). The minimum Gasteiger partial charge on any atom is -0.271 e. The number of nitrogens with zero attached hydrogens (tertiary/aromatic N) is 1. The van der Waals surface area contributed by atoms with Crippen molar-refractivity contribution in [1.82, 2.24) is 10.4 Å². The summed E-state index contributed by atoms with van der Waals surface area (Å²) in [6.45, 7) is 8.92. The Labute approximate surface area is 105 Å². The number of nitrogens with one attached hydrogen (secondary N) is 1. The summed E-state index contributed by atoms with van der Waals surface area (Å²) < 4.78 is 0. The molecule has 0 aromatic carbocycles. The smallest absolute Gasteiger partial charge is 0.0464 e. The Hall–Kier alpha value is -0.930. The molecule has 0 spiro atoms. The van der Waals surface area contributed by atoms with E-state index in [0.717, 1.165) is 19.3 Å². The maximum atomic E-state index is 5.69. The van der Waals surface area contributed by atoms with Crippen molar-refractivity contribution in [2.45, 2.75) is 53.0 Å². The zero-order chi connectivity index (χ0) is 12.9. The number of aryl methyl sites for hydroxylation is 1. The molecular formula is C14H25N3. The van der Waals surface area contributed by atoms with E-state index >= 15 is 0 Å². The molecule has 0 radical (unpaired) electrons. The van der Waals surface area contributed by atoms with Gasteiger partial charge in [-0.15, -0.1) is 0 Å². The molecule has 0 saturated heterocycles. The van der Waals surface area contributed by atoms with Gasteiger partial charge >= 0.3 is 0 Å². The molecule has 17 heavy (non-hydrogen) atoms. The molecule has 96 valence electrons. The van der Waals surface area contributed by atoms with E-state index in [4.69, 9.17) is 5.84 Å². The minimum absolute atomic E-state index is 0.229. The summed E-state index contributed by atoms with van der Waals surface area (Å²) in [6, 6.07) is 2.30. The van der Waals surface area contributed by atoms with E-state index in [0.29, 0.717) is 5.41 Å². The van der Waals surface area contributed by atoms with E-state index in [1.54, 1.807) is 0 Å². The predicted octanol–water partition coefficient (Wildman–Crippen LogP) is 2.97. The first-order valence-corrected chi connectivity index (χ1v) is 6.37. The minimum atomic E-state index is 0.229. The van der Waals surface area contributed by atoms with Crippen molar-refractivity contribution in [3.05, 3.63) is 29.6 Å². The van der Waals surface area contributed by atoms with Crippen molar-refractivity contribution in [3.63, 3.8) is 0 Å². The third-order valence-corrected chi connectivity index (χ3v) is 3.08. The van der Waals surface area contributed by atoms with E-state index < -0.39 is 0 Å². The van der Waals surface area contributed by atoms with Gasteiger partial charge in [0.15, 0.2) is 0 Å². The molecule has 1 aromatic rings. The number of hydrogen-bond acceptors (Lipinski definition) is 3. The molecule has 1 atom stereocenters. The van der Waals surface area contributed by atoms with Crippen LogP contribution in [0.2, 0.25) is 0 Å². The molecule has 0 saturated carbocycles. The summed E-state index contributed by atoms with van der Waals surface area (Å²) in [5.41, 5.74) is 5.85. The van der Waals surface area contributed by atoms with Gasteiger partial charge in [-0.2, -0.15) is 0 Å². The average molecular weight is 235 g/mol. The van der Waals surface area contributed by atoms with Crippen LogP contribution in [0.5, 0.6) is 0 Å². The lowest BCUT2D eigenvalue weighted by Gasteiger charge is -2.24. The first-order valence-electron chi connectivity index (χ1n) is 6.37. The van der Waals surface area contributed by atoms with Crippen LogP contribution in [0, 0.1) is 5.41 Å². The average Bonchev–Trinajstić information content (AvgIpc) is 2.29. The fourth-order valence-corrected chi connectivity index (χ4v) is 1.98. The molecule has 3 nitrogen and oxygen atoms in total. The second-order valence-corrected chi connectivity index (χ2v) is 5.75. The largest absolute Gasteiger partial charge is 0.271 e. The highest BCUT2D eigenvalue weighted by atomic mass is 15.2. The molecule has 3 heteroatoms. The Morgan fingerprint density at radius 2 is 2.12 bits per heavy atom. The van der Waals surface area contributed by atoms with E-state index in [1.807, 2.05) is 12.4 Å². The lowest BCUT2D eigenvalue weighted by molar-refractivity contribution is 0.333. The predicted molar refractivity (Wildman–Crippen MR) is 72.4 cm³/mol. The Balaban J connectivity index is 2.79. The molecule has 0 bridgehead atoms. The van der Waals surface area contributed by atoms with Crippen LogP contribution in [-0.2, 0) is 6.42 Å². The molecular weight excluding hydrogens is 210 g/mol. The summed E-state index contributed by atoms with van der Waals surface area (Å²) in [6.07, 6.45) is 6.98. The molecule has 3 N–H and O–H groups in total. The Bertz CT molecular complexity index is 342. The summed E-state index contributed by atoms with van der Waals surface area (Å²) in [5.74, 6) is 5.69. The van der Waals surface area contributed by atoms with Gasteiger partial charge < -0.3 is 0 Å². The first-order chi connectivity index (χ1) is 7.98. The second-order valence-electron chi connectivity index (χ2n) is 5.75. The highest BCUT2D eigenvalue weighted by molar-refractivity contribution is 5.26. The number of nitrogens with two attached hydrogens (primary N) is 1. The van der Waals surface area contributed by atoms with Crippen molar-refractivity contribution in [3.8, 4) is 0 Å². The number of hydrazine groups is 1. The van der Waals surface area contributed by atoms with Crippen LogP contribution in [0.3, 0.4) is 0 Å². The molecule has 0 aliphatic rings. The zero-order valence-corrected chi connectivity index (χ0v) is 11.5. The van der Waals surface area contributed by atoms with Gasteiger partial charge in [0.25, 0.3) is 0 Å². The van der Waals surface area contributed by atoms with Crippen molar-refractivity contribution in [1.29, 1.82) is 0 Å². The van der Waals surface area contributed by atoms with Crippen LogP contribution in [0.1, 0.15) is 57.7 Å². The summed E-state index contributed by atoms with van der Waals surface area (Å²) in [7, 11) is 0. The Morgan fingerprint density at radius 3 is 2.65 bits per heavy atom. The van der Waals surface area contributed by atoms with Gasteiger partial charge in [0.1, 0.15) is 0 Å². The molecule has 0 aliphatic carbocycles. The topological polar surface area (TPSA) is 50.9 Å². The molecule has 0 fully saturated rings. The zero-order valence-electron chi connectivity index (χ0n) is 11.5. The van der Waals surface area contributed by atoms with E-state index in [9.17, 15) is 0 Å². The fraction of sp³-hybridized carbons (Fsp3) is 0.643. The van der Waals surface area contributed by atoms with Crippen LogP contribution in [0.25, 0.3) is 0 Å². The van der Waals surface area contributed by atoms with Crippen LogP contribution in [0.15, 0.2) is 18.5 Å². The lowest BCUT2D eigenvalue weighted by atomic mass is 9.86. The van der Waals surface area contributed by atoms with Gasteiger partial charge in [0.05, 0.1) is 0 Å². The highest BCUT2D eigenvalue weighted by Crippen LogP contribution is 2.28. The maximum absolute atomic E-state index is 5.69. The van der Waals surface area contributed by atoms with E-state index in [1.165, 1.54) is 11.1 Å². The van der Waals surface area contributed by atoms with Gasteiger partial charge in [0.2, 0.25) is 0 Å². The molecule has 1 heterocycles. The third-order valence-electron chi connectivity index (χ3n) is 3.08. The monoisotopic (exact) mass is 235 g/mol. The normalized spacial score (nSPS) is 13.7. The van der Waals surface area contributed by atoms with Crippen LogP contribution < -0.4 is 11.3 Å². The number of rotatable bonds is 5. The molecule has 1 unspecified atom stereocenters. The lowest BCUT2D eigenvalue weighted by Crippen LogP contribution is -2.29. The van der Waals surface area contributed by atoms with Crippen LogP contribution >= 0.6 is 0 Å². The van der Waals surface area contributed by atoms with E-state index in [2.05, 4.69) is 44.2 Å². The number of hydrogen-bond donors (Lipinski definition) is 2. The fourth-order valence-electron chi connectivity index (χ4n) is 1.98. The third kappa shape index (κ3) is 4.44. The van der Waals surface area contributed by atoms with Gasteiger partial charge in [-0.25, -0.2) is 0 Å². The van der Waals surface area contributed by atoms with Gasteiger partial charge in [-0.1, -0.05) is 27.7 Å². The molecule has 0 amide bonds. The van der Waals surface area contributed by atoms with Crippen molar-refractivity contribution >= 4 is 0 Å². The summed E-state index contributed by atoms with van der Waals surface area (Å²) >= 11 is 0. The number of aromatic nitrogens is 1. The van der Waals surface area contributed by atoms with Crippen molar-refractivity contribution in [2.24, 2.45) is 11.3 Å². The van der Waals surface area contributed by atoms with Gasteiger partial charge in [0, 0.05) is 18.4 Å². The second kappa shape index (κ2) is 6.12. The van der Waals surface area contributed by atoms with Crippen LogP contribution in [-0.4, -0.2) is 4.98 Å². The summed E-state index contributed by atoms with van der Waals surface area (Å²) in [5, 5.41) is 0. The highest BCUT2D eigenvalue weighted by Gasteiger charge is 2.17. The van der Waals surface area contributed by atoms with E-state index in [-0.39, 0.29) is 6.04 Å². The van der Waals surface area contributed by atoms with Crippen LogP contribution in [0.4, 0.5) is 0 Å². The maximum Gasteiger partial charge on any atom is 0.0464 e. The molecule has 1 aromatic heterocycles. The first kappa shape index (κ1) is 14.1. The van der Waals surface area contributed by atoms with Crippen molar-refractivity contribution < 1.29 is 0 Å².